The van der Waals surface area contributed by atoms with Crippen molar-refractivity contribution in [1.82, 2.24) is 0 Å². The maximum Gasteiger partial charge on any atom is 0.142 e. The van der Waals surface area contributed by atoms with Gasteiger partial charge in [-0.1, -0.05) is 26.0 Å². The summed E-state index contributed by atoms with van der Waals surface area (Å²) in [6.45, 7) is 5.12. The zero-order valence-electron chi connectivity index (χ0n) is 10.6. The van der Waals surface area contributed by atoms with E-state index in [0.717, 1.165) is 11.4 Å². The molecule has 0 amide bonds. The van der Waals surface area contributed by atoms with Crippen molar-refractivity contribution in [1.29, 1.82) is 0 Å². The molecule has 1 aliphatic rings. The van der Waals surface area contributed by atoms with Gasteiger partial charge in [-0.05, 0) is 35.1 Å². The van der Waals surface area contributed by atoms with E-state index in [0.29, 0.717) is 12.5 Å². The van der Waals surface area contributed by atoms with Crippen molar-refractivity contribution in [2.24, 2.45) is 0 Å². The maximum atomic E-state index is 5.84. The van der Waals surface area contributed by atoms with E-state index in [4.69, 9.17) is 4.74 Å². The number of benzene rings is 1. The molecule has 3 heteroatoms. The van der Waals surface area contributed by atoms with E-state index in [1.807, 2.05) is 0 Å². The van der Waals surface area contributed by atoms with E-state index in [1.165, 1.54) is 10.4 Å². The molecule has 94 valence electrons. The Morgan fingerprint density at radius 2 is 2.22 bits per heavy atom. The van der Waals surface area contributed by atoms with Gasteiger partial charge in [0.1, 0.15) is 12.4 Å². The Balaban J connectivity index is 1.89. The first-order valence-corrected chi connectivity index (χ1v) is 7.18. The third kappa shape index (κ3) is 2.10. The molecular formula is C15H17NOS. The van der Waals surface area contributed by atoms with Crippen LogP contribution in [0.1, 0.15) is 36.2 Å². The van der Waals surface area contributed by atoms with Gasteiger partial charge in [-0.3, -0.25) is 0 Å². The van der Waals surface area contributed by atoms with Gasteiger partial charge < -0.3 is 10.1 Å². The second-order valence-electron chi connectivity index (χ2n) is 4.93. The Labute approximate surface area is 112 Å². The molecule has 18 heavy (non-hydrogen) atoms. The van der Waals surface area contributed by atoms with Gasteiger partial charge in [0.25, 0.3) is 0 Å². The van der Waals surface area contributed by atoms with Crippen molar-refractivity contribution in [3.63, 3.8) is 0 Å². The van der Waals surface area contributed by atoms with Gasteiger partial charge in [0.15, 0.2) is 0 Å². The molecular weight excluding hydrogens is 242 g/mol. The maximum absolute atomic E-state index is 5.84. The SMILES string of the molecule is CC(C)c1ccc2c(c1)NC(c1cccs1)CO2. The third-order valence-electron chi connectivity index (χ3n) is 3.29. The van der Waals surface area contributed by atoms with Gasteiger partial charge >= 0.3 is 0 Å². The van der Waals surface area contributed by atoms with E-state index in [2.05, 4.69) is 54.9 Å². The zero-order valence-corrected chi connectivity index (χ0v) is 11.5. The number of ether oxygens (including phenoxy) is 1. The molecule has 1 aromatic heterocycles. The largest absolute Gasteiger partial charge is 0.489 e. The van der Waals surface area contributed by atoms with Crippen molar-refractivity contribution in [2.75, 3.05) is 11.9 Å². The van der Waals surface area contributed by atoms with Gasteiger partial charge in [0.05, 0.1) is 11.7 Å². The summed E-state index contributed by atoms with van der Waals surface area (Å²) in [5.41, 5.74) is 2.46. The number of thiophene rings is 1. The fourth-order valence-corrected chi connectivity index (χ4v) is 2.95. The van der Waals surface area contributed by atoms with Crippen molar-refractivity contribution in [2.45, 2.75) is 25.8 Å². The Kier molecular flexibility index (Phi) is 3.00. The Morgan fingerprint density at radius 1 is 1.33 bits per heavy atom. The van der Waals surface area contributed by atoms with Gasteiger partial charge in [0.2, 0.25) is 0 Å². The van der Waals surface area contributed by atoms with E-state index >= 15 is 0 Å². The quantitative estimate of drug-likeness (QED) is 0.862. The molecule has 0 bridgehead atoms. The minimum atomic E-state index is 0.278. The van der Waals surface area contributed by atoms with E-state index in [-0.39, 0.29) is 6.04 Å². The van der Waals surface area contributed by atoms with Gasteiger partial charge in [-0.25, -0.2) is 0 Å². The van der Waals surface area contributed by atoms with Crippen LogP contribution in [-0.2, 0) is 0 Å². The highest BCUT2D eigenvalue weighted by molar-refractivity contribution is 7.10. The van der Waals surface area contributed by atoms with Crippen molar-refractivity contribution < 1.29 is 4.74 Å². The first kappa shape index (κ1) is 11.6. The summed E-state index contributed by atoms with van der Waals surface area (Å²) in [6.07, 6.45) is 0. The summed E-state index contributed by atoms with van der Waals surface area (Å²) < 4.78 is 5.84. The lowest BCUT2D eigenvalue weighted by atomic mass is 10.0. The normalized spacial score (nSPS) is 18.1. The lowest BCUT2D eigenvalue weighted by molar-refractivity contribution is 0.288. The monoisotopic (exact) mass is 259 g/mol. The highest BCUT2D eigenvalue weighted by Crippen LogP contribution is 2.36. The topological polar surface area (TPSA) is 21.3 Å². The number of hydrogen-bond donors (Lipinski definition) is 1. The fourth-order valence-electron chi connectivity index (χ4n) is 2.19. The van der Waals surface area contributed by atoms with Crippen LogP contribution in [0.15, 0.2) is 35.7 Å². The molecule has 0 fully saturated rings. The van der Waals surface area contributed by atoms with Crippen LogP contribution in [0.5, 0.6) is 5.75 Å². The van der Waals surface area contributed by atoms with Gasteiger partial charge in [-0.15, -0.1) is 11.3 Å². The average Bonchev–Trinajstić information content (AvgIpc) is 2.91. The third-order valence-corrected chi connectivity index (χ3v) is 4.28. The van der Waals surface area contributed by atoms with Crippen LogP contribution >= 0.6 is 11.3 Å². The second kappa shape index (κ2) is 4.65. The average molecular weight is 259 g/mol. The summed E-state index contributed by atoms with van der Waals surface area (Å²) in [6, 6.07) is 10.9. The Morgan fingerprint density at radius 3 is 2.94 bits per heavy atom. The molecule has 1 atom stereocenters. The first-order chi connectivity index (χ1) is 8.74. The Bertz CT molecular complexity index is 533. The molecule has 2 heterocycles. The van der Waals surface area contributed by atoms with Crippen LogP contribution in [0.25, 0.3) is 0 Å². The van der Waals surface area contributed by atoms with Crippen LogP contribution in [0.4, 0.5) is 5.69 Å². The van der Waals surface area contributed by atoms with Crippen molar-refractivity contribution in [3.05, 3.63) is 46.2 Å². The molecule has 0 aliphatic carbocycles. The lowest BCUT2D eigenvalue weighted by Gasteiger charge is -2.27. The highest BCUT2D eigenvalue weighted by atomic mass is 32.1. The molecule has 0 spiro atoms. The number of nitrogens with one attached hydrogen (secondary N) is 1. The van der Waals surface area contributed by atoms with Crippen molar-refractivity contribution in [3.8, 4) is 5.75 Å². The van der Waals surface area contributed by atoms with E-state index < -0.39 is 0 Å². The molecule has 1 aromatic carbocycles. The van der Waals surface area contributed by atoms with Crippen LogP contribution in [-0.4, -0.2) is 6.61 Å². The van der Waals surface area contributed by atoms with Crippen molar-refractivity contribution >= 4 is 17.0 Å². The minimum Gasteiger partial charge on any atom is -0.489 e. The summed E-state index contributed by atoms with van der Waals surface area (Å²) in [5, 5.41) is 5.69. The zero-order chi connectivity index (χ0) is 12.5. The van der Waals surface area contributed by atoms with Crippen LogP contribution in [0.3, 0.4) is 0 Å². The molecule has 0 saturated carbocycles. The molecule has 0 saturated heterocycles. The lowest BCUT2D eigenvalue weighted by Crippen LogP contribution is -2.23. The Hall–Kier alpha value is -1.48. The summed E-state index contributed by atoms with van der Waals surface area (Å²) >= 11 is 1.77. The van der Waals surface area contributed by atoms with Gasteiger partial charge in [-0.2, -0.15) is 0 Å². The smallest absolute Gasteiger partial charge is 0.142 e. The molecule has 3 rings (SSSR count). The van der Waals surface area contributed by atoms with E-state index in [1.54, 1.807) is 11.3 Å². The molecule has 1 aliphatic heterocycles. The molecule has 1 unspecified atom stereocenters. The minimum absolute atomic E-state index is 0.278. The highest BCUT2D eigenvalue weighted by Gasteiger charge is 2.21. The van der Waals surface area contributed by atoms with Crippen LogP contribution in [0.2, 0.25) is 0 Å². The predicted molar refractivity (Wildman–Crippen MR) is 76.7 cm³/mol. The van der Waals surface area contributed by atoms with Crippen LogP contribution < -0.4 is 10.1 Å². The number of hydrogen-bond acceptors (Lipinski definition) is 3. The molecule has 2 nitrogen and oxygen atoms in total. The second-order valence-corrected chi connectivity index (χ2v) is 5.91. The van der Waals surface area contributed by atoms with Crippen LogP contribution in [0, 0.1) is 0 Å². The number of rotatable bonds is 2. The summed E-state index contributed by atoms with van der Waals surface area (Å²) in [4.78, 5) is 1.33. The number of anilines is 1. The molecule has 2 aromatic rings. The summed E-state index contributed by atoms with van der Waals surface area (Å²) in [7, 11) is 0. The first-order valence-electron chi connectivity index (χ1n) is 6.30. The van der Waals surface area contributed by atoms with E-state index in [9.17, 15) is 0 Å². The summed E-state index contributed by atoms with van der Waals surface area (Å²) in [5.74, 6) is 1.51. The molecule has 1 N–H and O–H groups in total. The number of fused-ring (bicyclic) bond motifs is 1. The van der Waals surface area contributed by atoms with Gasteiger partial charge in [0, 0.05) is 4.88 Å². The fraction of sp³-hybridized carbons (Fsp3) is 0.333. The molecule has 0 radical (unpaired) electrons. The standard InChI is InChI=1S/C15H17NOS/c1-10(2)11-5-6-14-12(8-11)16-13(9-17-14)15-4-3-7-18-15/h3-8,10,13,16H,9H2,1-2H3. The predicted octanol–water partition coefficient (Wildman–Crippen LogP) is 4.42.